The van der Waals surface area contributed by atoms with Crippen LogP contribution >= 0.6 is 0 Å². The monoisotopic (exact) mass is 339 g/mol. The van der Waals surface area contributed by atoms with Crippen LogP contribution in [-0.4, -0.2) is 41.6 Å². The average Bonchev–Trinajstić information content (AvgIpc) is 1.91. The van der Waals surface area contributed by atoms with E-state index in [1.807, 2.05) is 0 Å². The molecule has 0 N–H and O–H groups in total. The molecule has 0 spiro atoms. The molecule has 9 heavy (non-hydrogen) atoms. The first-order valence-electron chi connectivity index (χ1n) is 3.54. The molecule has 1 nitrogen and oxygen atoms in total. The zero-order valence-corrected chi connectivity index (χ0v) is 10.5. The molecule has 1 saturated heterocycles. The third-order valence-corrected chi connectivity index (χ3v) is 11.2. The topological polar surface area (TPSA) is 9.23 Å². The van der Waals surface area contributed by atoms with Crippen molar-refractivity contribution in [2.45, 2.75) is 29.6 Å². The van der Waals surface area contributed by atoms with Crippen LogP contribution in [0.4, 0.5) is 0 Å². The first kappa shape index (κ1) is 8.17. The van der Waals surface area contributed by atoms with E-state index in [1.165, 1.54) is 19.3 Å². The number of hydrogen-bond acceptors (Lipinski definition) is 1. The average molecular weight is 339 g/mol. The Morgan fingerprint density at radius 2 is 2.44 bits per heavy atom. The second-order valence-corrected chi connectivity index (χ2v) is 14.9. The first-order chi connectivity index (χ1) is 4.43. The number of hydrogen-bond donors (Lipinski definition) is 0. The van der Waals surface area contributed by atoms with Crippen molar-refractivity contribution in [3.05, 3.63) is 0 Å². The molecule has 0 saturated carbocycles. The van der Waals surface area contributed by atoms with Gasteiger partial charge in [-0.1, -0.05) is 0 Å². The van der Waals surface area contributed by atoms with E-state index in [9.17, 15) is 0 Å². The van der Waals surface area contributed by atoms with Crippen LogP contribution in [0.15, 0.2) is 0 Å². The molecule has 54 valence electrons. The zero-order chi connectivity index (χ0) is 6.53. The standard InChI is InChI=1S/C5H11OSi.CH3.Po/c7-5-3-1-2-4-6-5;;/h5H,1-4,7H2;1H3;. The Kier molecular flexibility index (Phi) is 4.38. The summed E-state index contributed by atoms with van der Waals surface area (Å²) in [5.41, 5.74) is 0.814. The van der Waals surface area contributed by atoms with E-state index in [4.69, 9.17) is 4.74 Å². The van der Waals surface area contributed by atoms with E-state index in [0.717, 1.165) is 12.3 Å². The fourth-order valence-corrected chi connectivity index (χ4v) is 9.62. The molecule has 0 amide bonds. The molecule has 0 aromatic carbocycles. The van der Waals surface area contributed by atoms with Gasteiger partial charge in [-0.05, 0) is 0 Å². The summed E-state index contributed by atoms with van der Waals surface area (Å²) in [5.74, 6) is 0. The van der Waals surface area contributed by atoms with Crippen LogP contribution in [0, 0.1) is 0 Å². The van der Waals surface area contributed by atoms with Gasteiger partial charge in [-0.3, -0.25) is 0 Å². The summed E-state index contributed by atoms with van der Waals surface area (Å²) in [6, 6.07) is 0. The van der Waals surface area contributed by atoms with Crippen LogP contribution in [-0.2, 0) is 4.74 Å². The maximum absolute atomic E-state index is 5.62. The second-order valence-electron chi connectivity index (χ2n) is 2.44. The van der Waals surface area contributed by atoms with Crippen molar-refractivity contribution < 1.29 is 4.74 Å². The molecule has 1 heterocycles. The van der Waals surface area contributed by atoms with Gasteiger partial charge in [-0.2, -0.15) is 0 Å². The zero-order valence-electron chi connectivity index (χ0n) is 5.93. The van der Waals surface area contributed by atoms with Gasteiger partial charge in [0.05, 0.1) is 0 Å². The summed E-state index contributed by atoms with van der Waals surface area (Å²) < 4.78 is 8.07. The molecular formula is C6H14OPoSi. The van der Waals surface area contributed by atoms with Crippen LogP contribution in [0.1, 0.15) is 19.3 Å². The van der Waals surface area contributed by atoms with Gasteiger partial charge in [-0.25, -0.2) is 0 Å². The molecule has 1 fully saturated rings. The van der Waals surface area contributed by atoms with Crippen molar-refractivity contribution in [1.29, 1.82) is 0 Å². The summed E-state index contributed by atoms with van der Waals surface area (Å²) in [6.07, 6.45) is 4.16. The fourth-order valence-electron chi connectivity index (χ4n) is 1.12. The molecule has 1 aliphatic rings. The minimum absolute atomic E-state index is 0.178. The van der Waals surface area contributed by atoms with Crippen molar-refractivity contribution in [1.82, 2.24) is 0 Å². The molecule has 0 aromatic rings. The van der Waals surface area contributed by atoms with Crippen molar-refractivity contribution in [3.8, 4) is 0 Å². The number of rotatable bonds is 2. The normalized spacial score (nSPS) is 29.7. The van der Waals surface area contributed by atoms with Crippen LogP contribution < -0.4 is 0 Å². The Labute approximate surface area is 70.1 Å². The van der Waals surface area contributed by atoms with Crippen LogP contribution in [0.3, 0.4) is 0 Å². The Hall–Kier alpha value is 1.07. The van der Waals surface area contributed by atoms with Gasteiger partial charge in [0.1, 0.15) is 0 Å². The second kappa shape index (κ2) is 4.82. The van der Waals surface area contributed by atoms with Crippen LogP contribution in [0.5, 0.6) is 0 Å². The predicted octanol–water partition coefficient (Wildman–Crippen LogP) is 0.349. The van der Waals surface area contributed by atoms with Gasteiger partial charge in [0.15, 0.2) is 0 Å². The minimum atomic E-state index is 0.178. The van der Waals surface area contributed by atoms with Crippen molar-refractivity contribution in [2.24, 2.45) is 0 Å². The van der Waals surface area contributed by atoms with Gasteiger partial charge < -0.3 is 0 Å². The molecule has 3 heteroatoms. The SMILES string of the molecule is [CH3][Po][SiH2]C1CCCCO1. The van der Waals surface area contributed by atoms with Gasteiger partial charge in [0, 0.05) is 0 Å². The molecule has 1 rings (SSSR count). The van der Waals surface area contributed by atoms with E-state index < -0.39 is 0 Å². The Morgan fingerprint density at radius 1 is 1.56 bits per heavy atom. The van der Waals surface area contributed by atoms with E-state index in [0.29, 0.717) is 6.59 Å². The van der Waals surface area contributed by atoms with E-state index in [2.05, 4.69) is 4.58 Å². The first-order valence-corrected chi connectivity index (χ1v) is 14.8. The van der Waals surface area contributed by atoms with Crippen LogP contribution in [0.2, 0.25) is 4.58 Å². The van der Waals surface area contributed by atoms with E-state index in [1.54, 1.807) is 0 Å². The quantitative estimate of drug-likeness (QED) is 0.660. The van der Waals surface area contributed by atoms with E-state index in [-0.39, 0.29) is 22.7 Å². The molecule has 1 atom stereocenters. The van der Waals surface area contributed by atoms with Gasteiger partial charge in [-0.15, -0.1) is 0 Å². The van der Waals surface area contributed by atoms with Gasteiger partial charge in [0.25, 0.3) is 0 Å². The summed E-state index contributed by atoms with van der Waals surface area (Å²) in [4.78, 5) is 0. The third-order valence-electron chi connectivity index (χ3n) is 1.63. The molecule has 1 unspecified atom stereocenters. The number of ether oxygens (including phenoxy) is 1. The summed E-state index contributed by atoms with van der Waals surface area (Å²) in [7, 11) is 0. The molecule has 1 aliphatic heterocycles. The van der Waals surface area contributed by atoms with Crippen molar-refractivity contribution >= 4 is 29.3 Å². The van der Waals surface area contributed by atoms with E-state index >= 15 is 0 Å². The molecule has 0 aliphatic carbocycles. The molecular weight excluding hydrogens is 325 g/mol. The summed E-state index contributed by atoms with van der Waals surface area (Å²) in [5, 5.41) is 0. The Morgan fingerprint density at radius 3 is 3.00 bits per heavy atom. The molecule has 0 aromatic heterocycles. The van der Waals surface area contributed by atoms with Crippen molar-refractivity contribution in [2.75, 3.05) is 6.61 Å². The molecule has 0 radical (unpaired) electrons. The summed E-state index contributed by atoms with van der Waals surface area (Å²) in [6.45, 7) is 1.39. The fraction of sp³-hybridized carbons (Fsp3) is 1.00. The van der Waals surface area contributed by atoms with Gasteiger partial charge >= 0.3 is 70.2 Å². The molecule has 0 bridgehead atoms. The predicted molar refractivity (Wildman–Crippen MR) is 43.8 cm³/mol. The van der Waals surface area contributed by atoms with Gasteiger partial charge in [0.2, 0.25) is 0 Å². The summed E-state index contributed by atoms with van der Waals surface area (Å²) >= 11 is 0.178. The Balaban J connectivity index is 2.08. The van der Waals surface area contributed by atoms with Crippen molar-refractivity contribution in [3.63, 3.8) is 0 Å². The Bertz CT molecular complexity index is 70.7. The maximum atomic E-state index is 5.62. The van der Waals surface area contributed by atoms with Crippen LogP contribution in [0.25, 0.3) is 0 Å². The third kappa shape index (κ3) is 3.11.